The van der Waals surface area contributed by atoms with Crippen molar-refractivity contribution < 1.29 is 14.0 Å². The summed E-state index contributed by atoms with van der Waals surface area (Å²) in [6, 6.07) is 5.18. The number of amides is 2. The van der Waals surface area contributed by atoms with Crippen molar-refractivity contribution in [3.05, 3.63) is 47.3 Å². The average Bonchev–Trinajstić information content (AvgIpc) is 2.78. The molecule has 1 saturated carbocycles. The number of halogens is 2. The highest BCUT2D eigenvalue weighted by Gasteiger charge is 2.32. The van der Waals surface area contributed by atoms with Crippen molar-refractivity contribution in [3.63, 3.8) is 0 Å². The van der Waals surface area contributed by atoms with Gasteiger partial charge in [0.15, 0.2) is 0 Å². The van der Waals surface area contributed by atoms with E-state index >= 15 is 0 Å². The van der Waals surface area contributed by atoms with E-state index in [0.29, 0.717) is 12.1 Å². The summed E-state index contributed by atoms with van der Waals surface area (Å²) in [5.74, 6) is -1.04. The molecular formula is C24H32ClFN2O2. The SMILES string of the molecule is O=C(NC1CCCCC1)[C@H](c1ccc(F)cc1)N(CCC1=CCCCC1)C(=O)CCl. The molecule has 1 atom stereocenters. The number of nitrogens with one attached hydrogen (secondary N) is 1. The molecule has 1 aromatic carbocycles. The molecule has 2 aliphatic carbocycles. The molecule has 1 aromatic rings. The van der Waals surface area contributed by atoms with Gasteiger partial charge in [0, 0.05) is 12.6 Å². The summed E-state index contributed by atoms with van der Waals surface area (Å²) in [4.78, 5) is 27.7. The fourth-order valence-electron chi connectivity index (χ4n) is 4.52. The molecule has 0 heterocycles. The molecule has 164 valence electrons. The lowest BCUT2D eigenvalue weighted by atomic mass is 9.94. The second kappa shape index (κ2) is 11.5. The minimum Gasteiger partial charge on any atom is -0.351 e. The molecule has 30 heavy (non-hydrogen) atoms. The zero-order valence-corrected chi connectivity index (χ0v) is 18.3. The van der Waals surface area contributed by atoms with Crippen LogP contribution in [0, 0.1) is 5.82 Å². The number of hydrogen-bond acceptors (Lipinski definition) is 2. The third-order valence-corrected chi connectivity index (χ3v) is 6.42. The van der Waals surface area contributed by atoms with Crippen molar-refractivity contribution in [1.82, 2.24) is 10.2 Å². The standard InChI is InChI=1S/C24H32ClFN2O2/c25-17-22(29)28(16-15-18-7-3-1-4-8-18)23(19-11-13-20(26)14-12-19)24(30)27-21-9-5-2-6-10-21/h7,11-14,21,23H,1-6,8-10,15-17H2,(H,27,30)/t23-/m0/s1. The fraction of sp³-hybridized carbons (Fsp3) is 0.583. The fourth-order valence-corrected chi connectivity index (χ4v) is 4.67. The molecule has 0 saturated heterocycles. The Balaban J connectivity index is 1.83. The van der Waals surface area contributed by atoms with Crippen LogP contribution in [-0.2, 0) is 9.59 Å². The first-order valence-corrected chi connectivity index (χ1v) is 11.7. The first-order chi connectivity index (χ1) is 14.6. The van der Waals surface area contributed by atoms with Crippen molar-refractivity contribution in [3.8, 4) is 0 Å². The van der Waals surface area contributed by atoms with E-state index in [2.05, 4.69) is 11.4 Å². The van der Waals surface area contributed by atoms with E-state index in [1.807, 2.05) is 0 Å². The number of hydrogen-bond donors (Lipinski definition) is 1. The van der Waals surface area contributed by atoms with Crippen LogP contribution < -0.4 is 5.32 Å². The Bertz CT molecular complexity index is 744. The van der Waals surface area contributed by atoms with Crippen LogP contribution in [0.1, 0.15) is 75.8 Å². The molecule has 0 spiro atoms. The maximum absolute atomic E-state index is 13.5. The van der Waals surface area contributed by atoms with Crippen LogP contribution >= 0.6 is 11.6 Å². The van der Waals surface area contributed by atoms with Crippen LogP contribution in [0.3, 0.4) is 0 Å². The highest BCUT2D eigenvalue weighted by Crippen LogP contribution is 2.27. The van der Waals surface area contributed by atoms with Crippen LogP contribution in [0.2, 0.25) is 0 Å². The summed E-state index contributed by atoms with van der Waals surface area (Å²) in [5, 5.41) is 3.15. The molecule has 1 N–H and O–H groups in total. The quantitative estimate of drug-likeness (QED) is 0.447. The normalized spacial score (nSPS) is 18.4. The van der Waals surface area contributed by atoms with Gasteiger partial charge >= 0.3 is 0 Å². The van der Waals surface area contributed by atoms with E-state index in [4.69, 9.17) is 11.6 Å². The van der Waals surface area contributed by atoms with Gasteiger partial charge in [0.05, 0.1) is 0 Å². The molecular weight excluding hydrogens is 403 g/mol. The van der Waals surface area contributed by atoms with Gasteiger partial charge < -0.3 is 10.2 Å². The molecule has 0 radical (unpaired) electrons. The Morgan fingerprint density at radius 1 is 1.10 bits per heavy atom. The molecule has 2 aliphatic rings. The summed E-state index contributed by atoms with van der Waals surface area (Å²) in [7, 11) is 0. The van der Waals surface area contributed by atoms with E-state index in [1.54, 1.807) is 17.0 Å². The summed E-state index contributed by atoms with van der Waals surface area (Å²) < 4.78 is 13.5. The lowest BCUT2D eigenvalue weighted by Gasteiger charge is -2.33. The van der Waals surface area contributed by atoms with E-state index < -0.39 is 6.04 Å². The maximum Gasteiger partial charge on any atom is 0.247 e. The highest BCUT2D eigenvalue weighted by molar-refractivity contribution is 6.27. The lowest BCUT2D eigenvalue weighted by molar-refractivity contribution is -0.139. The molecule has 0 aliphatic heterocycles. The van der Waals surface area contributed by atoms with Crippen LogP contribution in [0.15, 0.2) is 35.9 Å². The first-order valence-electron chi connectivity index (χ1n) is 11.2. The van der Waals surface area contributed by atoms with Gasteiger partial charge in [-0.2, -0.15) is 0 Å². The van der Waals surface area contributed by atoms with Gasteiger partial charge in [0.2, 0.25) is 11.8 Å². The number of carbonyl (C=O) groups excluding carboxylic acids is 2. The van der Waals surface area contributed by atoms with Crippen LogP contribution in [0.5, 0.6) is 0 Å². The van der Waals surface area contributed by atoms with Crippen LogP contribution in [0.4, 0.5) is 4.39 Å². The summed E-state index contributed by atoms with van der Waals surface area (Å²) >= 11 is 5.92. The first kappa shape index (κ1) is 22.8. The molecule has 1 fully saturated rings. The summed E-state index contributed by atoms with van der Waals surface area (Å²) in [6.45, 7) is 0.428. The molecule has 3 rings (SSSR count). The van der Waals surface area contributed by atoms with E-state index in [1.165, 1.54) is 37.0 Å². The molecule has 0 bridgehead atoms. The van der Waals surface area contributed by atoms with E-state index in [-0.39, 0.29) is 29.6 Å². The number of alkyl halides is 1. The van der Waals surface area contributed by atoms with Crippen molar-refractivity contribution in [2.75, 3.05) is 12.4 Å². The highest BCUT2D eigenvalue weighted by atomic mass is 35.5. The zero-order valence-electron chi connectivity index (χ0n) is 17.5. The number of nitrogens with zero attached hydrogens (tertiary/aromatic N) is 1. The minimum absolute atomic E-state index is 0.128. The van der Waals surface area contributed by atoms with Gasteiger partial charge in [0.1, 0.15) is 17.7 Å². The maximum atomic E-state index is 13.5. The number of carbonyl (C=O) groups is 2. The number of rotatable bonds is 8. The Labute approximate surface area is 183 Å². The minimum atomic E-state index is -0.803. The van der Waals surface area contributed by atoms with Gasteiger partial charge in [-0.1, -0.05) is 43.0 Å². The largest absolute Gasteiger partial charge is 0.351 e. The predicted octanol–water partition coefficient (Wildman–Crippen LogP) is 5.27. The van der Waals surface area contributed by atoms with Gasteiger partial charge in [-0.05, 0) is 62.6 Å². The van der Waals surface area contributed by atoms with Crippen molar-refractivity contribution in [1.29, 1.82) is 0 Å². The summed E-state index contributed by atoms with van der Waals surface area (Å²) in [5.41, 5.74) is 1.94. The van der Waals surface area contributed by atoms with Gasteiger partial charge in [-0.25, -0.2) is 4.39 Å². The second-order valence-corrected chi connectivity index (χ2v) is 8.64. The van der Waals surface area contributed by atoms with Crippen molar-refractivity contribution in [2.45, 2.75) is 76.3 Å². The molecule has 0 unspecified atom stereocenters. The predicted molar refractivity (Wildman–Crippen MR) is 118 cm³/mol. The topological polar surface area (TPSA) is 49.4 Å². The van der Waals surface area contributed by atoms with Crippen LogP contribution in [-0.4, -0.2) is 35.2 Å². The molecule has 2 amide bonds. The van der Waals surface area contributed by atoms with Gasteiger partial charge in [-0.15, -0.1) is 11.6 Å². The van der Waals surface area contributed by atoms with Crippen molar-refractivity contribution in [2.24, 2.45) is 0 Å². The van der Waals surface area contributed by atoms with Crippen molar-refractivity contribution >= 4 is 23.4 Å². The number of allylic oxidation sites excluding steroid dienone is 1. The Kier molecular flexibility index (Phi) is 8.74. The molecule has 4 nitrogen and oxygen atoms in total. The number of benzene rings is 1. The Hall–Kier alpha value is -1.88. The lowest BCUT2D eigenvalue weighted by Crippen LogP contribution is -2.47. The second-order valence-electron chi connectivity index (χ2n) is 8.38. The van der Waals surface area contributed by atoms with E-state index in [0.717, 1.165) is 44.9 Å². The van der Waals surface area contributed by atoms with Crippen LogP contribution in [0.25, 0.3) is 0 Å². The molecule has 6 heteroatoms. The third kappa shape index (κ3) is 6.31. The smallest absolute Gasteiger partial charge is 0.247 e. The van der Waals surface area contributed by atoms with Gasteiger partial charge in [0.25, 0.3) is 0 Å². The monoisotopic (exact) mass is 434 g/mol. The zero-order chi connectivity index (χ0) is 21.3. The van der Waals surface area contributed by atoms with E-state index in [9.17, 15) is 14.0 Å². The van der Waals surface area contributed by atoms with Gasteiger partial charge in [-0.3, -0.25) is 9.59 Å². The Morgan fingerprint density at radius 3 is 2.47 bits per heavy atom. The Morgan fingerprint density at radius 2 is 1.83 bits per heavy atom. The average molecular weight is 435 g/mol. The third-order valence-electron chi connectivity index (χ3n) is 6.19. The molecule has 0 aromatic heterocycles. The summed E-state index contributed by atoms with van der Waals surface area (Å²) in [6.07, 6.45) is 12.8.